The van der Waals surface area contributed by atoms with Gasteiger partial charge in [-0.3, -0.25) is 4.98 Å². The van der Waals surface area contributed by atoms with Crippen molar-refractivity contribution in [3.8, 4) is 0 Å². The summed E-state index contributed by atoms with van der Waals surface area (Å²) >= 11 is 0. The molecule has 0 bridgehead atoms. The number of pyridine rings is 1. The fourth-order valence-electron chi connectivity index (χ4n) is 4.12. The second kappa shape index (κ2) is 10.0. The molecule has 1 aromatic heterocycles. The van der Waals surface area contributed by atoms with Crippen molar-refractivity contribution in [2.45, 2.75) is 25.1 Å². The number of rotatable bonds is 6. The summed E-state index contributed by atoms with van der Waals surface area (Å²) in [6, 6.07) is 27.6. The van der Waals surface area contributed by atoms with E-state index in [9.17, 15) is 18.0 Å². The number of aromatic nitrogens is 1. The zero-order valence-corrected chi connectivity index (χ0v) is 19.0. The number of carbonyl (C=O) groups is 1. The Morgan fingerprint density at radius 2 is 1.51 bits per heavy atom. The molecule has 2 amide bonds. The number of nitrogens with zero attached hydrogens (tertiary/aromatic N) is 1. The van der Waals surface area contributed by atoms with Crippen LogP contribution < -0.4 is 10.6 Å². The van der Waals surface area contributed by atoms with Crippen LogP contribution in [-0.2, 0) is 18.1 Å². The van der Waals surface area contributed by atoms with E-state index in [2.05, 4.69) is 15.6 Å². The highest BCUT2D eigenvalue weighted by atomic mass is 19.4. The quantitative estimate of drug-likeness (QED) is 0.325. The second-order valence-corrected chi connectivity index (χ2v) is 8.26. The fourth-order valence-corrected chi connectivity index (χ4v) is 4.12. The van der Waals surface area contributed by atoms with Crippen molar-refractivity contribution >= 4 is 11.7 Å². The van der Waals surface area contributed by atoms with E-state index in [-0.39, 0.29) is 11.3 Å². The summed E-state index contributed by atoms with van der Waals surface area (Å²) in [6.45, 7) is 1.38. The lowest BCUT2D eigenvalue weighted by atomic mass is 9.80. The summed E-state index contributed by atoms with van der Waals surface area (Å²) in [5.41, 5.74) is 0.604. The molecule has 4 nitrogen and oxygen atoms in total. The number of hydrogen-bond acceptors (Lipinski definition) is 2. The summed E-state index contributed by atoms with van der Waals surface area (Å²) < 4.78 is 40.2. The molecule has 0 fully saturated rings. The van der Waals surface area contributed by atoms with Crippen LogP contribution >= 0.6 is 0 Å². The molecular weight excluding hydrogens is 451 g/mol. The number of hydrogen-bond donors (Lipinski definition) is 2. The van der Waals surface area contributed by atoms with E-state index in [1.54, 1.807) is 12.3 Å². The van der Waals surface area contributed by atoms with Gasteiger partial charge in [0.2, 0.25) is 0 Å². The predicted octanol–water partition coefficient (Wildman–Crippen LogP) is 6.72. The third-order valence-electron chi connectivity index (χ3n) is 5.81. The Morgan fingerprint density at radius 1 is 0.857 bits per heavy atom. The predicted molar refractivity (Wildman–Crippen MR) is 130 cm³/mol. The Hall–Kier alpha value is -4.13. The van der Waals surface area contributed by atoms with Crippen LogP contribution in [0.1, 0.15) is 27.9 Å². The first-order valence-electron chi connectivity index (χ1n) is 11.1. The molecule has 7 heteroatoms. The van der Waals surface area contributed by atoms with E-state index in [1.165, 1.54) is 19.1 Å². The van der Waals surface area contributed by atoms with Gasteiger partial charge >= 0.3 is 12.2 Å². The van der Waals surface area contributed by atoms with Gasteiger partial charge in [-0.2, -0.15) is 13.2 Å². The van der Waals surface area contributed by atoms with E-state index in [4.69, 9.17) is 0 Å². The van der Waals surface area contributed by atoms with Crippen LogP contribution in [0.15, 0.2) is 103 Å². The first-order chi connectivity index (χ1) is 16.8. The van der Waals surface area contributed by atoms with Gasteiger partial charge in [0.25, 0.3) is 0 Å². The summed E-state index contributed by atoms with van der Waals surface area (Å²) in [7, 11) is 0. The molecule has 0 aliphatic rings. The lowest BCUT2D eigenvalue weighted by Crippen LogP contribution is -2.50. The van der Waals surface area contributed by atoms with Gasteiger partial charge in [0.05, 0.1) is 11.3 Å². The molecular formula is C28H24F3N3O. The van der Waals surface area contributed by atoms with Gasteiger partial charge in [0.15, 0.2) is 0 Å². The van der Waals surface area contributed by atoms with E-state index >= 15 is 0 Å². The number of amides is 2. The number of alkyl halides is 3. The van der Waals surface area contributed by atoms with Crippen LogP contribution in [0.25, 0.3) is 0 Å². The zero-order chi connectivity index (χ0) is 24.9. The van der Waals surface area contributed by atoms with E-state index in [1.807, 2.05) is 72.8 Å². The third kappa shape index (κ3) is 5.51. The maximum absolute atomic E-state index is 13.4. The number of benzene rings is 3. The van der Waals surface area contributed by atoms with Gasteiger partial charge in [-0.05, 0) is 47.9 Å². The highest BCUT2D eigenvalue weighted by molar-refractivity contribution is 5.90. The average Bonchev–Trinajstić information content (AvgIpc) is 2.86. The molecule has 1 unspecified atom stereocenters. The zero-order valence-electron chi connectivity index (χ0n) is 19.0. The van der Waals surface area contributed by atoms with Crippen LogP contribution in [0.2, 0.25) is 0 Å². The van der Waals surface area contributed by atoms with Crippen LogP contribution in [-0.4, -0.2) is 11.0 Å². The molecule has 4 rings (SSSR count). The molecule has 0 radical (unpaired) electrons. The summed E-state index contributed by atoms with van der Waals surface area (Å²) in [6.07, 6.45) is -2.50. The number of nitrogens with one attached hydrogen (secondary N) is 2. The largest absolute Gasteiger partial charge is 0.416 e. The molecule has 178 valence electrons. The number of urea groups is 1. The molecule has 3 aromatic carbocycles. The monoisotopic (exact) mass is 475 g/mol. The smallest absolute Gasteiger partial charge is 0.322 e. The van der Waals surface area contributed by atoms with Gasteiger partial charge < -0.3 is 10.6 Å². The van der Waals surface area contributed by atoms with Crippen molar-refractivity contribution in [3.63, 3.8) is 0 Å². The van der Waals surface area contributed by atoms with Gasteiger partial charge in [-0.15, -0.1) is 0 Å². The minimum atomic E-state index is -4.52. The first kappa shape index (κ1) is 24.0. The SMILES string of the molecule is Cc1ccc(NC(=O)NC(Cc2ccccc2)(c2ccccc2)c2ccccn2)cc1C(F)(F)F. The molecule has 0 aliphatic carbocycles. The lowest BCUT2D eigenvalue weighted by molar-refractivity contribution is -0.138. The third-order valence-corrected chi connectivity index (χ3v) is 5.81. The topological polar surface area (TPSA) is 54.0 Å². The molecule has 1 heterocycles. The molecule has 35 heavy (non-hydrogen) atoms. The number of aryl methyl sites for hydroxylation is 1. The summed E-state index contributed by atoms with van der Waals surface area (Å²) in [4.78, 5) is 17.8. The highest BCUT2D eigenvalue weighted by Crippen LogP contribution is 2.35. The van der Waals surface area contributed by atoms with Gasteiger partial charge in [0, 0.05) is 18.3 Å². The van der Waals surface area contributed by atoms with Crippen molar-refractivity contribution in [3.05, 3.63) is 131 Å². The lowest BCUT2D eigenvalue weighted by Gasteiger charge is -2.35. The summed E-state index contributed by atoms with van der Waals surface area (Å²) in [5.74, 6) is 0. The second-order valence-electron chi connectivity index (χ2n) is 8.26. The van der Waals surface area contributed by atoms with Crippen LogP contribution in [0.5, 0.6) is 0 Å². The van der Waals surface area contributed by atoms with E-state index in [0.717, 1.165) is 17.2 Å². The molecule has 2 N–H and O–H groups in total. The molecule has 1 atom stereocenters. The standard InChI is InChI=1S/C28H24F3N3O/c1-20-15-16-23(18-24(20)28(29,30)31)33-26(35)34-27(22-12-6-3-7-13-22,25-14-8-9-17-32-25)19-21-10-4-2-5-11-21/h2-18H,19H2,1H3,(H2,33,34,35). The van der Waals surface area contributed by atoms with Crippen molar-refractivity contribution in [1.82, 2.24) is 10.3 Å². The Morgan fingerprint density at radius 3 is 2.14 bits per heavy atom. The Balaban J connectivity index is 1.75. The summed E-state index contributed by atoms with van der Waals surface area (Å²) in [5, 5.41) is 5.62. The van der Waals surface area contributed by atoms with Crippen molar-refractivity contribution in [1.29, 1.82) is 0 Å². The van der Waals surface area contributed by atoms with Crippen LogP contribution in [0.3, 0.4) is 0 Å². The van der Waals surface area contributed by atoms with E-state index in [0.29, 0.717) is 12.1 Å². The highest BCUT2D eigenvalue weighted by Gasteiger charge is 2.38. The first-order valence-corrected chi connectivity index (χ1v) is 11.1. The Bertz CT molecular complexity index is 1240. The van der Waals surface area contributed by atoms with Crippen LogP contribution in [0, 0.1) is 6.92 Å². The molecule has 0 aliphatic heterocycles. The van der Waals surface area contributed by atoms with Crippen molar-refractivity contribution < 1.29 is 18.0 Å². The maximum atomic E-state index is 13.4. The number of carbonyl (C=O) groups excluding carboxylic acids is 1. The van der Waals surface area contributed by atoms with Crippen LogP contribution in [0.4, 0.5) is 23.7 Å². The van der Waals surface area contributed by atoms with Gasteiger partial charge in [-0.25, -0.2) is 4.79 Å². The maximum Gasteiger partial charge on any atom is 0.416 e. The van der Waals surface area contributed by atoms with E-state index < -0.39 is 23.3 Å². The van der Waals surface area contributed by atoms with Gasteiger partial charge in [-0.1, -0.05) is 72.8 Å². The van der Waals surface area contributed by atoms with Gasteiger partial charge in [0.1, 0.15) is 5.54 Å². The molecule has 0 saturated heterocycles. The Labute approximate surface area is 201 Å². The minimum Gasteiger partial charge on any atom is -0.322 e. The Kier molecular flexibility index (Phi) is 6.87. The fraction of sp³-hybridized carbons (Fsp3) is 0.143. The average molecular weight is 476 g/mol. The molecule has 4 aromatic rings. The van der Waals surface area contributed by atoms with Crippen molar-refractivity contribution in [2.75, 3.05) is 5.32 Å². The normalized spacial score (nSPS) is 13.0. The minimum absolute atomic E-state index is 0.0446. The number of anilines is 1. The molecule has 0 saturated carbocycles. The number of halogens is 3. The molecule has 0 spiro atoms. The van der Waals surface area contributed by atoms with Crippen molar-refractivity contribution in [2.24, 2.45) is 0 Å².